The Bertz CT molecular complexity index is 406. The van der Waals surface area contributed by atoms with E-state index in [1.54, 1.807) is 0 Å². The second-order valence-electron chi connectivity index (χ2n) is 10.1. The van der Waals surface area contributed by atoms with E-state index in [2.05, 4.69) is 86.6 Å². The van der Waals surface area contributed by atoms with Crippen molar-refractivity contribution in [2.75, 3.05) is 0 Å². The van der Waals surface area contributed by atoms with Crippen molar-refractivity contribution < 1.29 is 9.22 Å². The van der Waals surface area contributed by atoms with Crippen molar-refractivity contribution in [3.05, 3.63) is 0 Å². The molecule has 0 spiro atoms. The molecular weight excluding hydrogens is 318 g/mol. The molecule has 23 heavy (non-hydrogen) atoms. The standard InChI is InChI=1S/C18H41NO2Si2/c1-13-14(2)15(19-22(9,10)17(3,4)5)16(20)21-23(11,12)18(6,7)8/h14-15,19H,13H2,1-12H3/t14?,15-/m0/s1. The zero-order valence-corrected chi connectivity index (χ0v) is 19.7. The first-order valence-corrected chi connectivity index (χ1v) is 14.9. The third-order valence-electron chi connectivity index (χ3n) is 6.02. The van der Waals surface area contributed by atoms with Crippen LogP contribution < -0.4 is 4.98 Å². The predicted octanol–water partition coefficient (Wildman–Crippen LogP) is 5.54. The van der Waals surface area contributed by atoms with Crippen LogP contribution in [0, 0.1) is 5.92 Å². The number of hydrogen-bond donors (Lipinski definition) is 1. The molecular formula is C18H41NO2Si2. The molecule has 0 bridgehead atoms. The van der Waals surface area contributed by atoms with Gasteiger partial charge in [0.1, 0.15) is 14.3 Å². The van der Waals surface area contributed by atoms with Crippen LogP contribution in [-0.4, -0.2) is 28.6 Å². The average molecular weight is 360 g/mol. The second-order valence-corrected chi connectivity index (χ2v) is 19.8. The molecule has 0 aromatic rings. The molecule has 0 aromatic carbocycles. The van der Waals surface area contributed by atoms with Crippen LogP contribution in [0.1, 0.15) is 61.8 Å². The Hall–Kier alpha value is -0.136. The van der Waals surface area contributed by atoms with Crippen LogP contribution in [0.5, 0.6) is 0 Å². The van der Waals surface area contributed by atoms with E-state index < -0.39 is 16.6 Å². The quantitative estimate of drug-likeness (QED) is 0.632. The van der Waals surface area contributed by atoms with Crippen LogP contribution in [0.25, 0.3) is 0 Å². The largest absolute Gasteiger partial charge is 0.518 e. The van der Waals surface area contributed by atoms with E-state index in [-0.39, 0.29) is 28.0 Å². The summed E-state index contributed by atoms with van der Waals surface area (Å²) in [5, 5.41) is 0.232. The van der Waals surface area contributed by atoms with E-state index in [9.17, 15) is 4.79 Å². The highest BCUT2D eigenvalue weighted by molar-refractivity contribution is 6.78. The van der Waals surface area contributed by atoms with Gasteiger partial charge in [0, 0.05) is 0 Å². The van der Waals surface area contributed by atoms with Gasteiger partial charge in [-0.25, -0.2) is 0 Å². The molecule has 1 unspecified atom stereocenters. The summed E-state index contributed by atoms with van der Waals surface area (Å²) in [6.07, 6.45) is 0.971. The Morgan fingerprint density at radius 1 is 1.00 bits per heavy atom. The fourth-order valence-corrected chi connectivity index (χ4v) is 4.29. The van der Waals surface area contributed by atoms with E-state index >= 15 is 0 Å². The Kier molecular flexibility index (Phi) is 7.36. The van der Waals surface area contributed by atoms with Crippen LogP contribution >= 0.6 is 0 Å². The zero-order valence-electron chi connectivity index (χ0n) is 17.7. The first-order valence-electron chi connectivity index (χ1n) is 8.97. The molecule has 0 rings (SSSR count). The Balaban J connectivity index is 5.40. The summed E-state index contributed by atoms with van der Waals surface area (Å²) in [7, 11) is -3.85. The van der Waals surface area contributed by atoms with Gasteiger partial charge in [0.05, 0.1) is 0 Å². The van der Waals surface area contributed by atoms with Gasteiger partial charge < -0.3 is 9.41 Å². The molecule has 0 radical (unpaired) electrons. The summed E-state index contributed by atoms with van der Waals surface area (Å²) >= 11 is 0. The minimum atomic E-state index is -2.08. The maximum atomic E-state index is 13.0. The van der Waals surface area contributed by atoms with Gasteiger partial charge in [-0.1, -0.05) is 74.9 Å². The average Bonchev–Trinajstić information content (AvgIpc) is 2.31. The molecule has 0 aliphatic rings. The molecule has 5 heteroatoms. The third-order valence-corrected chi connectivity index (χ3v) is 15.1. The third kappa shape index (κ3) is 6.02. The predicted molar refractivity (Wildman–Crippen MR) is 107 cm³/mol. The van der Waals surface area contributed by atoms with Crippen molar-refractivity contribution in [3.8, 4) is 0 Å². The van der Waals surface area contributed by atoms with Gasteiger partial charge in [-0.15, -0.1) is 0 Å². The molecule has 0 amide bonds. The van der Waals surface area contributed by atoms with E-state index in [0.29, 0.717) is 0 Å². The first kappa shape index (κ1) is 22.9. The molecule has 0 heterocycles. The lowest BCUT2D eigenvalue weighted by Crippen LogP contribution is -2.61. The zero-order chi connectivity index (χ0) is 18.9. The minimum absolute atomic E-state index is 0.0413. The van der Waals surface area contributed by atoms with E-state index in [1.807, 2.05) is 0 Å². The summed E-state index contributed by atoms with van der Waals surface area (Å²) in [4.78, 5) is 16.7. The van der Waals surface area contributed by atoms with E-state index in [4.69, 9.17) is 4.43 Å². The fraction of sp³-hybridized carbons (Fsp3) is 0.944. The molecule has 138 valence electrons. The monoisotopic (exact) mass is 359 g/mol. The van der Waals surface area contributed by atoms with Crippen LogP contribution in [0.15, 0.2) is 0 Å². The summed E-state index contributed by atoms with van der Waals surface area (Å²) in [6, 6.07) is -0.199. The lowest BCUT2D eigenvalue weighted by Gasteiger charge is -2.43. The van der Waals surface area contributed by atoms with Crippen molar-refractivity contribution in [1.29, 1.82) is 0 Å². The summed E-state index contributed by atoms with van der Waals surface area (Å²) in [5.74, 6) is 0.233. The normalized spacial score (nSPS) is 16.9. The van der Waals surface area contributed by atoms with Gasteiger partial charge in [0.25, 0.3) is 8.32 Å². The minimum Gasteiger partial charge on any atom is -0.518 e. The molecule has 2 atom stereocenters. The molecule has 0 aliphatic carbocycles. The highest BCUT2D eigenvalue weighted by atomic mass is 28.4. The number of carbonyl (C=O) groups is 1. The number of carbonyl (C=O) groups excluding carboxylic acids is 1. The van der Waals surface area contributed by atoms with Gasteiger partial charge in [0.2, 0.25) is 0 Å². The Morgan fingerprint density at radius 3 is 1.74 bits per heavy atom. The Morgan fingerprint density at radius 2 is 1.43 bits per heavy atom. The highest BCUT2D eigenvalue weighted by Crippen LogP contribution is 2.38. The maximum absolute atomic E-state index is 13.0. The number of rotatable bonds is 6. The van der Waals surface area contributed by atoms with E-state index in [0.717, 1.165) is 6.42 Å². The maximum Gasteiger partial charge on any atom is 0.309 e. The summed E-state index contributed by atoms with van der Waals surface area (Å²) in [6.45, 7) is 26.5. The fourth-order valence-electron chi connectivity index (χ4n) is 1.74. The Labute approximate surface area is 147 Å². The molecule has 0 saturated carbocycles. The topological polar surface area (TPSA) is 38.3 Å². The molecule has 0 saturated heterocycles. The molecule has 0 aliphatic heterocycles. The smallest absolute Gasteiger partial charge is 0.309 e. The summed E-state index contributed by atoms with van der Waals surface area (Å²) < 4.78 is 6.11. The number of nitrogens with one attached hydrogen (secondary N) is 1. The lowest BCUT2D eigenvalue weighted by atomic mass is 10.0. The lowest BCUT2D eigenvalue weighted by molar-refractivity contribution is -0.138. The van der Waals surface area contributed by atoms with Crippen LogP contribution in [0.3, 0.4) is 0 Å². The number of hydrogen-bond acceptors (Lipinski definition) is 3. The van der Waals surface area contributed by atoms with Crippen molar-refractivity contribution in [2.45, 2.75) is 104 Å². The summed E-state index contributed by atoms with van der Waals surface area (Å²) in [5.41, 5.74) is 0. The van der Waals surface area contributed by atoms with Gasteiger partial charge in [-0.2, -0.15) is 0 Å². The van der Waals surface area contributed by atoms with Gasteiger partial charge in [0.15, 0.2) is 0 Å². The van der Waals surface area contributed by atoms with Crippen LogP contribution in [-0.2, 0) is 9.22 Å². The van der Waals surface area contributed by atoms with Crippen molar-refractivity contribution in [2.24, 2.45) is 5.92 Å². The first-order chi connectivity index (χ1) is 9.96. The van der Waals surface area contributed by atoms with Crippen molar-refractivity contribution in [1.82, 2.24) is 4.98 Å². The molecule has 1 N–H and O–H groups in total. The second kappa shape index (κ2) is 7.40. The van der Waals surface area contributed by atoms with Gasteiger partial charge >= 0.3 is 5.97 Å². The van der Waals surface area contributed by atoms with Crippen LogP contribution in [0.4, 0.5) is 0 Å². The molecule has 3 nitrogen and oxygen atoms in total. The van der Waals surface area contributed by atoms with Gasteiger partial charge in [-0.05, 0) is 29.1 Å². The SMILES string of the molecule is CCC(C)[C@H](N[Si](C)(C)C(C)(C)C)C(=O)O[Si](C)(C)C(C)(C)C. The van der Waals surface area contributed by atoms with Crippen molar-refractivity contribution in [3.63, 3.8) is 0 Å². The van der Waals surface area contributed by atoms with Crippen LogP contribution in [0.2, 0.25) is 36.3 Å². The highest BCUT2D eigenvalue weighted by Gasteiger charge is 2.44. The van der Waals surface area contributed by atoms with Crippen molar-refractivity contribution >= 4 is 22.5 Å². The molecule has 0 aromatic heterocycles. The molecule has 0 fully saturated rings. The van der Waals surface area contributed by atoms with Gasteiger partial charge in [-0.3, -0.25) is 4.79 Å². The van der Waals surface area contributed by atoms with E-state index in [1.165, 1.54) is 0 Å².